The van der Waals surface area contributed by atoms with Gasteiger partial charge in [-0.05, 0) is 22.9 Å². The van der Waals surface area contributed by atoms with Crippen molar-refractivity contribution in [3.63, 3.8) is 0 Å². The number of hydrogen-bond donors (Lipinski definition) is 2. The maximum Gasteiger partial charge on any atom is 0.0445 e. The average Bonchev–Trinajstić information content (AvgIpc) is 2.86. The SMILES string of the molecule is c1csc(CNNCc2cccs2)c1. The monoisotopic (exact) mass is 224 g/mol. The molecule has 0 atom stereocenters. The Balaban J connectivity index is 1.65. The summed E-state index contributed by atoms with van der Waals surface area (Å²) in [7, 11) is 0. The van der Waals surface area contributed by atoms with Crippen LogP contribution < -0.4 is 10.9 Å². The van der Waals surface area contributed by atoms with Crippen LogP contribution in [0.1, 0.15) is 9.75 Å². The molecule has 0 aliphatic heterocycles. The molecule has 0 aliphatic carbocycles. The molecule has 0 unspecified atom stereocenters. The molecule has 2 heterocycles. The number of thiophene rings is 2. The van der Waals surface area contributed by atoms with E-state index in [0.29, 0.717) is 0 Å². The number of hydrazine groups is 1. The minimum Gasteiger partial charge on any atom is -0.252 e. The summed E-state index contributed by atoms with van der Waals surface area (Å²) in [6, 6.07) is 8.40. The van der Waals surface area contributed by atoms with Crippen LogP contribution in [0.3, 0.4) is 0 Å². The van der Waals surface area contributed by atoms with Gasteiger partial charge >= 0.3 is 0 Å². The molecule has 0 aromatic carbocycles. The van der Waals surface area contributed by atoms with E-state index in [1.165, 1.54) is 9.75 Å². The first-order chi connectivity index (χ1) is 6.95. The van der Waals surface area contributed by atoms with Crippen molar-refractivity contribution in [1.29, 1.82) is 0 Å². The molecule has 0 aliphatic rings. The molecule has 0 spiro atoms. The van der Waals surface area contributed by atoms with Gasteiger partial charge in [0.1, 0.15) is 0 Å². The van der Waals surface area contributed by atoms with Gasteiger partial charge in [0.25, 0.3) is 0 Å². The van der Waals surface area contributed by atoms with Gasteiger partial charge in [-0.3, -0.25) is 10.9 Å². The molecule has 0 fully saturated rings. The molecule has 0 radical (unpaired) electrons. The van der Waals surface area contributed by atoms with Crippen LogP contribution in [0.15, 0.2) is 35.0 Å². The quantitative estimate of drug-likeness (QED) is 0.602. The topological polar surface area (TPSA) is 24.1 Å². The summed E-state index contributed by atoms with van der Waals surface area (Å²) < 4.78 is 0. The van der Waals surface area contributed by atoms with Crippen LogP contribution in [0.2, 0.25) is 0 Å². The summed E-state index contributed by atoms with van der Waals surface area (Å²) in [5.74, 6) is 0. The Morgan fingerprint density at radius 1 is 0.857 bits per heavy atom. The third-order valence-corrected chi connectivity index (χ3v) is 3.56. The van der Waals surface area contributed by atoms with Gasteiger partial charge in [0.05, 0.1) is 0 Å². The van der Waals surface area contributed by atoms with Crippen LogP contribution in [0.4, 0.5) is 0 Å². The Kier molecular flexibility index (Phi) is 3.71. The molecule has 2 aromatic heterocycles. The summed E-state index contributed by atoms with van der Waals surface area (Å²) in [5, 5.41) is 4.19. The van der Waals surface area contributed by atoms with Gasteiger partial charge in [-0.15, -0.1) is 22.7 Å². The second kappa shape index (κ2) is 5.26. The van der Waals surface area contributed by atoms with E-state index in [4.69, 9.17) is 0 Å². The lowest BCUT2D eigenvalue weighted by atomic mass is 10.5. The van der Waals surface area contributed by atoms with Crippen LogP contribution in [0.25, 0.3) is 0 Å². The minimum atomic E-state index is 0.892. The van der Waals surface area contributed by atoms with Crippen LogP contribution in [-0.4, -0.2) is 0 Å². The van der Waals surface area contributed by atoms with Crippen molar-refractivity contribution >= 4 is 22.7 Å². The van der Waals surface area contributed by atoms with Crippen LogP contribution in [-0.2, 0) is 13.1 Å². The zero-order valence-electron chi connectivity index (χ0n) is 7.69. The van der Waals surface area contributed by atoms with Crippen molar-refractivity contribution in [3.8, 4) is 0 Å². The molecule has 14 heavy (non-hydrogen) atoms. The highest BCUT2D eigenvalue weighted by Gasteiger charge is 1.93. The third kappa shape index (κ3) is 2.92. The standard InChI is InChI=1S/C10H12N2S2/c1-3-9(13-5-1)7-11-12-8-10-4-2-6-14-10/h1-6,11-12H,7-8H2. The number of hydrogen-bond acceptors (Lipinski definition) is 4. The molecule has 0 bridgehead atoms. The fraction of sp³-hybridized carbons (Fsp3) is 0.200. The lowest BCUT2D eigenvalue weighted by Gasteiger charge is -2.03. The highest BCUT2D eigenvalue weighted by molar-refractivity contribution is 7.10. The van der Waals surface area contributed by atoms with Crippen molar-refractivity contribution in [2.45, 2.75) is 13.1 Å². The first-order valence-corrected chi connectivity index (χ1v) is 6.21. The van der Waals surface area contributed by atoms with Gasteiger partial charge in [0.15, 0.2) is 0 Å². The molecule has 4 heteroatoms. The van der Waals surface area contributed by atoms with E-state index in [9.17, 15) is 0 Å². The highest BCUT2D eigenvalue weighted by Crippen LogP contribution is 2.08. The van der Waals surface area contributed by atoms with E-state index in [1.807, 2.05) is 0 Å². The largest absolute Gasteiger partial charge is 0.252 e. The molecule has 2 rings (SSSR count). The maximum atomic E-state index is 3.19. The summed E-state index contributed by atoms with van der Waals surface area (Å²) >= 11 is 3.54. The van der Waals surface area contributed by atoms with Gasteiger partial charge in [0, 0.05) is 22.8 Å². The molecule has 2 nitrogen and oxygen atoms in total. The summed E-state index contributed by atoms with van der Waals surface area (Å²) in [5.41, 5.74) is 6.39. The fourth-order valence-electron chi connectivity index (χ4n) is 1.13. The molecular weight excluding hydrogens is 212 g/mol. The molecule has 0 saturated carbocycles. The van der Waals surface area contributed by atoms with Crippen LogP contribution >= 0.6 is 22.7 Å². The third-order valence-electron chi connectivity index (χ3n) is 1.81. The van der Waals surface area contributed by atoms with E-state index in [-0.39, 0.29) is 0 Å². The van der Waals surface area contributed by atoms with Crippen molar-refractivity contribution in [2.75, 3.05) is 0 Å². The van der Waals surface area contributed by atoms with E-state index >= 15 is 0 Å². The van der Waals surface area contributed by atoms with Gasteiger partial charge in [-0.2, -0.15) is 0 Å². The maximum absolute atomic E-state index is 3.19. The van der Waals surface area contributed by atoms with Gasteiger partial charge < -0.3 is 0 Å². The highest BCUT2D eigenvalue weighted by atomic mass is 32.1. The predicted molar refractivity (Wildman–Crippen MR) is 62.3 cm³/mol. The lowest BCUT2D eigenvalue weighted by Crippen LogP contribution is -2.29. The fourth-order valence-corrected chi connectivity index (χ4v) is 2.41. The van der Waals surface area contributed by atoms with Gasteiger partial charge in [-0.25, -0.2) is 0 Å². The van der Waals surface area contributed by atoms with E-state index in [0.717, 1.165) is 13.1 Å². The van der Waals surface area contributed by atoms with Gasteiger partial charge in [-0.1, -0.05) is 12.1 Å². The van der Waals surface area contributed by atoms with Gasteiger partial charge in [0.2, 0.25) is 0 Å². The lowest BCUT2D eigenvalue weighted by molar-refractivity contribution is 0.536. The second-order valence-electron chi connectivity index (χ2n) is 2.87. The zero-order valence-corrected chi connectivity index (χ0v) is 9.33. The molecule has 2 aromatic rings. The zero-order chi connectivity index (χ0) is 9.64. The van der Waals surface area contributed by atoms with E-state index in [1.54, 1.807) is 22.7 Å². The normalized spacial score (nSPS) is 10.6. The van der Waals surface area contributed by atoms with Crippen LogP contribution in [0, 0.1) is 0 Å². The van der Waals surface area contributed by atoms with Crippen molar-refractivity contribution < 1.29 is 0 Å². The Morgan fingerprint density at radius 3 is 1.71 bits per heavy atom. The Labute approximate surface area is 91.6 Å². The van der Waals surface area contributed by atoms with E-state index < -0.39 is 0 Å². The molecule has 2 N–H and O–H groups in total. The Bertz CT molecular complexity index is 304. The summed E-state index contributed by atoms with van der Waals surface area (Å²) in [4.78, 5) is 2.70. The second-order valence-corrected chi connectivity index (χ2v) is 4.93. The predicted octanol–water partition coefficient (Wildman–Crippen LogP) is 2.60. The van der Waals surface area contributed by atoms with E-state index in [2.05, 4.69) is 45.9 Å². The smallest absolute Gasteiger partial charge is 0.0445 e. The van der Waals surface area contributed by atoms with Crippen molar-refractivity contribution in [2.24, 2.45) is 0 Å². The number of nitrogens with one attached hydrogen (secondary N) is 2. The average molecular weight is 224 g/mol. The summed E-state index contributed by atoms with van der Waals surface area (Å²) in [6.45, 7) is 1.78. The molecule has 0 amide bonds. The van der Waals surface area contributed by atoms with Crippen molar-refractivity contribution in [1.82, 2.24) is 10.9 Å². The molecular formula is C10H12N2S2. The first-order valence-electron chi connectivity index (χ1n) is 4.45. The first kappa shape index (κ1) is 9.86. The van der Waals surface area contributed by atoms with Crippen molar-refractivity contribution in [3.05, 3.63) is 44.8 Å². The number of rotatable bonds is 5. The van der Waals surface area contributed by atoms with Crippen LogP contribution in [0.5, 0.6) is 0 Å². The minimum absolute atomic E-state index is 0.892. The molecule has 0 saturated heterocycles. The summed E-state index contributed by atoms with van der Waals surface area (Å²) in [6.07, 6.45) is 0. The molecule has 74 valence electrons. The Hall–Kier alpha value is -0.680. The Morgan fingerprint density at radius 2 is 1.36 bits per heavy atom.